The molecule has 0 heterocycles. The largest absolute Gasteiger partial charge is 0.358 e. The zero-order chi connectivity index (χ0) is 14.6. The molecule has 2 aromatic rings. The Morgan fingerprint density at radius 2 is 1.60 bits per heavy atom. The van der Waals surface area contributed by atoms with Crippen molar-refractivity contribution in [3.63, 3.8) is 0 Å². The molecular weight excluding hydrogens is 274 g/mol. The van der Waals surface area contributed by atoms with E-state index in [1.807, 2.05) is 37.3 Å². The minimum Gasteiger partial charge on any atom is -0.265 e. The first-order chi connectivity index (χ1) is 9.49. The maximum absolute atomic E-state index is 11.9. The van der Waals surface area contributed by atoms with Gasteiger partial charge in [-0.25, -0.2) is 0 Å². The molecule has 0 radical (unpaired) electrons. The van der Waals surface area contributed by atoms with E-state index < -0.39 is 10.1 Å². The van der Waals surface area contributed by atoms with Crippen molar-refractivity contribution in [3.8, 4) is 0 Å². The van der Waals surface area contributed by atoms with Crippen molar-refractivity contribution in [2.24, 2.45) is 5.16 Å². The van der Waals surface area contributed by atoms with E-state index in [0.29, 0.717) is 5.71 Å². The van der Waals surface area contributed by atoms with Gasteiger partial charge in [-0.3, -0.25) is 4.28 Å². The predicted octanol–water partition coefficient (Wildman–Crippen LogP) is 3.12. The number of hydrogen-bond acceptors (Lipinski definition) is 4. The summed E-state index contributed by atoms with van der Waals surface area (Å²) in [6.07, 6.45) is 0. The molecule has 0 amide bonds. The summed E-state index contributed by atoms with van der Waals surface area (Å²) in [5, 5.41) is 3.69. The van der Waals surface area contributed by atoms with Gasteiger partial charge in [-0.15, -0.1) is 0 Å². The Kier molecular flexibility index (Phi) is 4.20. The van der Waals surface area contributed by atoms with Crippen LogP contribution in [0, 0.1) is 6.92 Å². The Morgan fingerprint density at radius 3 is 2.20 bits per heavy atom. The van der Waals surface area contributed by atoms with Gasteiger partial charge in [0.25, 0.3) is 0 Å². The molecule has 0 unspecified atom stereocenters. The fourth-order valence-electron chi connectivity index (χ4n) is 1.58. The van der Waals surface area contributed by atoms with Crippen molar-refractivity contribution in [2.75, 3.05) is 0 Å². The average Bonchev–Trinajstić information content (AvgIpc) is 2.46. The Hall–Kier alpha value is -2.14. The van der Waals surface area contributed by atoms with E-state index in [2.05, 4.69) is 5.16 Å². The van der Waals surface area contributed by atoms with Gasteiger partial charge in [0.1, 0.15) is 4.90 Å². The van der Waals surface area contributed by atoms with E-state index >= 15 is 0 Å². The third-order valence-corrected chi connectivity index (χ3v) is 3.89. The number of aryl methyl sites for hydroxylation is 1. The summed E-state index contributed by atoms with van der Waals surface area (Å²) < 4.78 is 28.6. The summed E-state index contributed by atoms with van der Waals surface area (Å²) in [4.78, 5) is 0.0905. The van der Waals surface area contributed by atoms with Crippen molar-refractivity contribution in [2.45, 2.75) is 18.7 Å². The topological polar surface area (TPSA) is 55.7 Å². The Bertz CT molecular complexity index is 705. The van der Waals surface area contributed by atoms with Crippen molar-refractivity contribution >= 4 is 15.8 Å². The van der Waals surface area contributed by atoms with Gasteiger partial charge in [-0.2, -0.15) is 8.42 Å². The average molecular weight is 289 g/mol. The van der Waals surface area contributed by atoms with E-state index in [4.69, 9.17) is 4.28 Å². The van der Waals surface area contributed by atoms with Crippen molar-refractivity contribution < 1.29 is 12.7 Å². The lowest BCUT2D eigenvalue weighted by Gasteiger charge is -2.03. The number of hydrogen-bond donors (Lipinski definition) is 0. The lowest BCUT2D eigenvalue weighted by atomic mass is 10.1. The molecule has 0 aliphatic carbocycles. The summed E-state index contributed by atoms with van der Waals surface area (Å²) in [6, 6.07) is 15.7. The molecule has 0 N–H and O–H groups in total. The molecule has 0 aliphatic rings. The third-order valence-electron chi connectivity index (χ3n) is 2.77. The van der Waals surface area contributed by atoms with E-state index in [1.165, 1.54) is 12.1 Å². The molecule has 0 bridgehead atoms. The molecule has 20 heavy (non-hydrogen) atoms. The number of nitrogens with zero attached hydrogens (tertiary/aromatic N) is 1. The molecular formula is C15H15NO3S. The van der Waals surface area contributed by atoms with Crippen LogP contribution in [-0.4, -0.2) is 14.1 Å². The Balaban J connectivity index is 2.19. The van der Waals surface area contributed by atoms with Gasteiger partial charge >= 0.3 is 10.1 Å². The molecule has 2 aromatic carbocycles. The third kappa shape index (κ3) is 3.45. The zero-order valence-corrected chi connectivity index (χ0v) is 12.1. The van der Waals surface area contributed by atoms with Crippen molar-refractivity contribution in [3.05, 3.63) is 65.7 Å². The van der Waals surface area contributed by atoms with Gasteiger partial charge < -0.3 is 0 Å². The molecule has 0 atom stereocenters. The smallest absolute Gasteiger partial charge is 0.265 e. The van der Waals surface area contributed by atoms with Gasteiger partial charge in [0.05, 0.1) is 5.71 Å². The van der Waals surface area contributed by atoms with E-state index in [-0.39, 0.29) is 4.90 Å². The zero-order valence-electron chi connectivity index (χ0n) is 11.3. The minimum atomic E-state index is -3.87. The van der Waals surface area contributed by atoms with Gasteiger partial charge in [-0.1, -0.05) is 53.2 Å². The van der Waals surface area contributed by atoms with Gasteiger partial charge in [0.15, 0.2) is 0 Å². The summed E-state index contributed by atoms with van der Waals surface area (Å²) in [6.45, 7) is 3.58. The minimum absolute atomic E-state index is 0.0905. The maximum Gasteiger partial charge on any atom is 0.358 e. The predicted molar refractivity (Wildman–Crippen MR) is 78.1 cm³/mol. The van der Waals surface area contributed by atoms with Crippen LogP contribution in [0.1, 0.15) is 18.1 Å². The highest BCUT2D eigenvalue weighted by Crippen LogP contribution is 2.14. The van der Waals surface area contributed by atoms with Crippen LogP contribution >= 0.6 is 0 Å². The van der Waals surface area contributed by atoms with Crippen LogP contribution in [0.15, 0.2) is 64.6 Å². The van der Waals surface area contributed by atoms with Crippen LogP contribution in [0.3, 0.4) is 0 Å². The quantitative estimate of drug-likeness (QED) is 0.642. The van der Waals surface area contributed by atoms with Crippen LogP contribution in [0.4, 0.5) is 0 Å². The molecule has 0 saturated carbocycles. The first-order valence-corrected chi connectivity index (χ1v) is 7.50. The van der Waals surface area contributed by atoms with Gasteiger partial charge in [0.2, 0.25) is 0 Å². The summed E-state index contributed by atoms with van der Waals surface area (Å²) in [7, 11) is -3.87. The van der Waals surface area contributed by atoms with Crippen LogP contribution < -0.4 is 0 Å². The lowest BCUT2D eigenvalue weighted by Crippen LogP contribution is -2.05. The highest BCUT2D eigenvalue weighted by Gasteiger charge is 2.15. The highest BCUT2D eigenvalue weighted by molar-refractivity contribution is 7.86. The molecule has 2 rings (SSSR count). The second-order valence-electron chi connectivity index (χ2n) is 4.38. The summed E-state index contributed by atoms with van der Waals surface area (Å²) in [5.74, 6) is 0. The molecule has 0 aromatic heterocycles. The van der Waals surface area contributed by atoms with Crippen molar-refractivity contribution in [1.29, 1.82) is 0 Å². The van der Waals surface area contributed by atoms with E-state index in [0.717, 1.165) is 11.1 Å². The Morgan fingerprint density at radius 1 is 1.00 bits per heavy atom. The lowest BCUT2D eigenvalue weighted by molar-refractivity contribution is 0.339. The van der Waals surface area contributed by atoms with Crippen molar-refractivity contribution in [1.82, 2.24) is 0 Å². The standard InChI is InChI=1S/C15H15NO3S/c1-12-8-10-15(11-9-12)20(17,18)19-16-13(2)14-6-4-3-5-7-14/h3-11H,1-2H3. The molecule has 4 nitrogen and oxygen atoms in total. The first kappa shape index (κ1) is 14.3. The summed E-state index contributed by atoms with van der Waals surface area (Å²) in [5.41, 5.74) is 2.29. The summed E-state index contributed by atoms with van der Waals surface area (Å²) >= 11 is 0. The molecule has 0 saturated heterocycles. The van der Waals surface area contributed by atoms with E-state index in [1.54, 1.807) is 19.1 Å². The number of oxime groups is 1. The molecule has 0 aliphatic heterocycles. The van der Waals surface area contributed by atoms with E-state index in [9.17, 15) is 8.42 Å². The molecule has 0 spiro atoms. The van der Waals surface area contributed by atoms with Crippen LogP contribution in [0.25, 0.3) is 0 Å². The van der Waals surface area contributed by atoms with Crippen LogP contribution in [0.5, 0.6) is 0 Å². The number of rotatable bonds is 4. The SMILES string of the molecule is CC(=NOS(=O)(=O)c1ccc(C)cc1)c1ccccc1. The molecule has 104 valence electrons. The fourth-order valence-corrected chi connectivity index (χ4v) is 2.35. The van der Waals surface area contributed by atoms with Crippen LogP contribution in [-0.2, 0) is 14.4 Å². The number of benzene rings is 2. The second-order valence-corrected chi connectivity index (χ2v) is 5.91. The first-order valence-electron chi connectivity index (χ1n) is 6.09. The molecule has 5 heteroatoms. The van der Waals surface area contributed by atoms with Gasteiger partial charge in [-0.05, 0) is 31.5 Å². The molecule has 0 fully saturated rings. The maximum atomic E-state index is 11.9. The van der Waals surface area contributed by atoms with Crippen LogP contribution in [0.2, 0.25) is 0 Å². The normalized spacial score (nSPS) is 12.2. The fraction of sp³-hybridized carbons (Fsp3) is 0.133. The second kappa shape index (κ2) is 5.88. The Labute approximate surface area is 118 Å². The highest BCUT2D eigenvalue weighted by atomic mass is 32.2. The van der Waals surface area contributed by atoms with Gasteiger partial charge in [0, 0.05) is 0 Å². The monoisotopic (exact) mass is 289 g/mol.